The first-order chi connectivity index (χ1) is 11.0. The molecule has 1 aliphatic rings. The molecule has 2 heterocycles. The highest BCUT2D eigenvalue weighted by atomic mass is 35.5. The lowest BCUT2D eigenvalue weighted by Gasteiger charge is -2.15. The van der Waals surface area contributed by atoms with E-state index in [9.17, 15) is 4.79 Å². The van der Waals surface area contributed by atoms with Gasteiger partial charge in [-0.15, -0.1) is 0 Å². The Morgan fingerprint density at radius 1 is 1.52 bits per heavy atom. The fourth-order valence-electron chi connectivity index (χ4n) is 2.91. The lowest BCUT2D eigenvalue weighted by Crippen LogP contribution is -2.35. The Morgan fingerprint density at radius 2 is 2.35 bits per heavy atom. The maximum Gasteiger partial charge on any atom is 0.226 e. The number of nitrogens with one attached hydrogen (secondary N) is 1. The summed E-state index contributed by atoms with van der Waals surface area (Å²) in [6.07, 6.45) is 0.970. The molecule has 1 saturated heterocycles. The average molecular weight is 334 g/mol. The molecule has 1 N–H and O–H groups in total. The van der Waals surface area contributed by atoms with Gasteiger partial charge in [-0.1, -0.05) is 17.7 Å². The number of carbonyl (C=O) groups excluding carboxylic acids is 1. The van der Waals surface area contributed by atoms with Crippen molar-refractivity contribution in [2.45, 2.75) is 32.9 Å². The summed E-state index contributed by atoms with van der Waals surface area (Å²) in [7, 11) is 0. The van der Waals surface area contributed by atoms with Crippen molar-refractivity contribution in [1.82, 2.24) is 15.2 Å². The number of rotatable bonds is 4. The van der Waals surface area contributed by atoms with Gasteiger partial charge in [-0.05, 0) is 31.5 Å². The molecule has 0 bridgehead atoms. The second kappa shape index (κ2) is 6.72. The minimum absolute atomic E-state index is 0.0257. The minimum Gasteiger partial charge on any atom is -0.441 e. The molecule has 0 aliphatic carbocycles. The number of likely N-dealkylation sites (tertiary alicyclic amines) is 1. The predicted molar refractivity (Wildman–Crippen MR) is 89.2 cm³/mol. The van der Waals surface area contributed by atoms with Crippen LogP contribution in [-0.4, -0.2) is 34.9 Å². The molecule has 0 radical (unpaired) electrons. The Hall–Kier alpha value is -1.85. The lowest BCUT2D eigenvalue weighted by molar-refractivity contribution is -0.119. The van der Waals surface area contributed by atoms with Crippen LogP contribution in [0.1, 0.15) is 24.8 Å². The second-order valence-corrected chi connectivity index (χ2v) is 6.39. The highest BCUT2D eigenvalue weighted by Crippen LogP contribution is 2.25. The molecular weight excluding hydrogens is 314 g/mol. The van der Waals surface area contributed by atoms with Gasteiger partial charge in [0.25, 0.3) is 0 Å². The molecule has 1 aliphatic heterocycles. The highest BCUT2D eigenvalue weighted by molar-refractivity contribution is 6.30. The molecule has 3 rings (SSSR count). The summed E-state index contributed by atoms with van der Waals surface area (Å²) >= 11 is 6.02. The van der Waals surface area contributed by atoms with Crippen LogP contribution >= 0.6 is 11.6 Å². The van der Waals surface area contributed by atoms with E-state index in [0.717, 1.165) is 43.1 Å². The van der Waals surface area contributed by atoms with Crippen LogP contribution in [0.5, 0.6) is 0 Å². The molecular formula is C17H20ClN3O2. The standard InChI is InChI=1S/C17H20ClN3O2/c1-11-16(10-21-7-6-15(9-21)19-12(2)22)20-17(23-11)13-4-3-5-14(18)8-13/h3-5,8,15H,6-7,9-10H2,1-2H3,(H,19,22)/t15-/m0/s1. The number of halogens is 1. The van der Waals surface area contributed by atoms with E-state index in [4.69, 9.17) is 16.0 Å². The van der Waals surface area contributed by atoms with E-state index in [1.165, 1.54) is 0 Å². The summed E-state index contributed by atoms with van der Waals surface area (Å²) < 4.78 is 5.79. The quantitative estimate of drug-likeness (QED) is 0.934. The SMILES string of the molecule is CC(=O)N[C@H]1CCN(Cc2nc(-c3cccc(Cl)c3)oc2C)C1. The van der Waals surface area contributed by atoms with Gasteiger partial charge in [0.05, 0.1) is 5.69 Å². The number of hydrogen-bond acceptors (Lipinski definition) is 4. The summed E-state index contributed by atoms with van der Waals surface area (Å²) in [4.78, 5) is 18.0. The first-order valence-corrected chi connectivity index (χ1v) is 8.11. The normalized spacial score (nSPS) is 18.3. The number of aromatic nitrogens is 1. The number of carbonyl (C=O) groups is 1. The molecule has 0 unspecified atom stereocenters. The molecule has 122 valence electrons. The van der Waals surface area contributed by atoms with Gasteiger partial charge in [0.15, 0.2) is 0 Å². The van der Waals surface area contributed by atoms with Crippen LogP contribution in [0, 0.1) is 6.92 Å². The molecule has 5 nitrogen and oxygen atoms in total. The summed E-state index contributed by atoms with van der Waals surface area (Å²) in [6, 6.07) is 7.72. The molecule has 0 spiro atoms. The van der Waals surface area contributed by atoms with Gasteiger partial charge in [-0.25, -0.2) is 4.98 Å². The average Bonchev–Trinajstić information content (AvgIpc) is 3.06. The smallest absolute Gasteiger partial charge is 0.226 e. The fraction of sp³-hybridized carbons (Fsp3) is 0.412. The molecule has 1 amide bonds. The van der Waals surface area contributed by atoms with Gasteiger partial charge in [-0.3, -0.25) is 9.69 Å². The van der Waals surface area contributed by atoms with Gasteiger partial charge >= 0.3 is 0 Å². The third-order valence-corrected chi connectivity index (χ3v) is 4.25. The summed E-state index contributed by atoms with van der Waals surface area (Å²) in [5, 5.41) is 3.63. The van der Waals surface area contributed by atoms with Gasteiger partial charge < -0.3 is 9.73 Å². The molecule has 2 aromatic rings. The Morgan fingerprint density at radius 3 is 3.09 bits per heavy atom. The fourth-order valence-corrected chi connectivity index (χ4v) is 3.10. The maximum atomic E-state index is 11.1. The number of hydrogen-bond donors (Lipinski definition) is 1. The van der Waals surface area contributed by atoms with Crippen molar-refractivity contribution < 1.29 is 9.21 Å². The van der Waals surface area contributed by atoms with Crippen molar-refractivity contribution in [3.05, 3.63) is 40.7 Å². The summed E-state index contributed by atoms with van der Waals surface area (Å²) in [6.45, 7) is 6.01. The van der Waals surface area contributed by atoms with Crippen molar-refractivity contribution >= 4 is 17.5 Å². The van der Waals surface area contributed by atoms with Crippen molar-refractivity contribution in [2.75, 3.05) is 13.1 Å². The molecule has 6 heteroatoms. The largest absolute Gasteiger partial charge is 0.441 e. The molecule has 1 atom stereocenters. The van der Waals surface area contributed by atoms with E-state index in [-0.39, 0.29) is 11.9 Å². The van der Waals surface area contributed by atoms with Gasteiger partial charge in [0.2, 0.25) is 11.8 Å². The zero-order valence-electron chi connectivity index (χ0n) is 13.3. The van der Waals surface area contributed by atoms with Crippen LogP contribution in [0.15, 0.2) is 28.7 Å². The number of aryl methyl sites for hydroxylation is 1. The van der Waals surface area contributed by atoms with Gasteiger partial charge in [0.1, 0.15) is 5.76 Å². The highest BCUT2D eigenvalue weighted by Gasteiger charge is 2.24. The zero-order valence-corrected chi connectivity index (χ0v) is 14.1. The molecule has 23 heavy (non-hydrogen) atoms. The van der Waals surface area contributed by atoms with Crippen LogP contribution in [0.3, 0.4) is 0 Å². The number of oxazole rings is 1. The Balaban J connectivity index is 1.69. The summed E-state index contributed by atoms with van der Waals surface area (Å²) in [5.41, 5.74) is 1.81. The monoisotopic (exact) mass is 333 g/mol. The number of nitrogens with zero attached hydrogens (tertiary/aromatic N) is 2. The Bertz CT molecular complexity index is 714. The van der Waals surface area contributed by atoms with E-state index >= 15 is 0 Å². The van der Waals surface area contributed by atoms with Crippen molar-refractivity contribution in [3.63, 3.8) is 0 Å². The molecule has 1 aromatic carbocycles. The van der Waals surface area contributed by atoms with Gasteiger partial charge in [-0.2, -0.15) is 0 Å². The third-order valence-electron chi connectivity index (χ3n) is 4.02. The van der Waals surface area contributed by atoms with Crippen LogP contribution in [0.25, 0.3) is 11.5 Å². The first kappa shape index (κ1) is 16.0. The van der Waals surface area contributed by atoms with Crippen molar-refractivity contribution in [2.24, 2.45) is 0 Å². The van der Waals surface area contributed by atoms with Crippen molar-refractivity contribution in [1.29, 1.82) is 0 Å². The molecule has 1 aromatic heterocycles. The lowest BCUT2D eigenvalue weighted by atomic mass is 10.2. The van der Waals surface area contributed by atoms with Crippen LogP contribution in [0.4, 0.5) is 0 Å². The third kappa shape index (κ3) is 3.92. The Labute approximate surface area is 140 Å². The minimum atomic E-state index is 0.0257. The van der Waals surface area contributed by atoms with Crippen molar-refractivity contribution in [3.8, 4) is 11.5 Å². The van der Waals surface area contributed by atoms with E-state index in [0.29, 0.717) is 10.9 Å². The van der Waals surface area contributed by atoms with Gasteiger partial charge in [0, 0.05) is 43.2 Å². The van der Waals surface area contributed by atoms with Crippen LogP contribution in [0.2, 0.25) is 5.02 Å². The maximum absolute atomic E-state index is 11.1. The predicted octanol–water partition coefficient (Wildman–Crippen LogP) is 3.01. The van der Waals surface area contributed by atoms with Crippen LogP contribution < -0.4 is 5.32 Å². The van der Waals surface area contributed by atoms with E-state index in [1.807, 2.05) is 31.2 Å². The topological polar surface area (TPSA) is 58.4 Å². The zero-order chi connectivity index (χ0) is 16.4. The Kier molecular flexibility index (Phi) is 4.68. The van der Waals surface area contributed by atoms with E-state index in [2.05, 4.69) is 15.2 Å². The summed E-state index contributed by atoms with van der Waals surface area (Å²) in [5.74, 6) is 1.44. The first-order valence-electron chi connectivity index (χ1n) is 7.73. The molecule has 0 saturated carbocycles. The van der Waals surface area contributed by atoms with E-state index in [1.54, 1.807) is 6.92 Å². The van der Waals surface area contributed by atoms with E-state index < -0.39 is 0 Å². The number of amides is 1. The molecule has 1 fully saturated rings. The van der Waals surface area contributed by atoms with Crippen LogP contribution in [-0.2, 0) is 11.3 Å². The number of benzene rings is 1. The second-order valence-electron chi connectivity index (χ2n) is 5.95.